The Morgan fingerprint density at radius 3 is 2.17 bits per heavy atom. The molecule has 0 saturated carbocycles. The minimum absolute atomic E-state index is 0.187. The first-order valence-corrected chi connectivity index (χ1v) is 7.88. The maximum atomic E-state index is 13.6. The number of aliphatic imine (C=N–C) groups is 1. The van der Waals surface area contributed by atoms with Crippen LogP contribution in [-0.4, -0.2) is 20.1 Å². The molecule has 0 saturated heterocycles. The molecular weight excluding hydrogens is 305 g/mol. The van der Waals surface area contributed by atoms with Crippen molar-refractivity contribution in [3.8, 4) is 0 Å². The van der Waals surface area contributed by atoms with Gasteiger partial charge >= 0.3 is 0 Å². The topological polar surface area (TPSA) is 45.7 Å². The van der Waals surface area contributed by atoms with Crippen LogP contribution in [0.3, 0.4) is 0 Å². The molecule has 0 radical (unpaired) electrons. The van der Waals surface area contributed by atoms with Crippen LogP contribution in [-0.2, 0) is 24.4 Å². The number of halogens is 1. The van der Waals surface area contributed by atoms with Gasteiger partial charge in [0.1, 0.15) is 5.82 Å². The van der Waals surface area contributed by atoms with Gasteiger partial charge in [0.2, 0.25) is 0 Å². The normalized spacial score (nSPS) is 11.4. The van der Waals surface area contributed by atoms with Crippen LogP contribution >= 0.6 is 0 Å². The summed E-state index contributed by atoms with van der Waals surface area (Å²) in [6, 6.07) is 13.5. The summed E-state index contributed by atoms with van der Waals surface area (Å²) in [6.07, 6.45) is 0. The van der Waals surface area contributed by atoms with E-state index in [-0.39, 0.29) is 5.82 Å². The minimum atomic E-state index is -0.187. The minimum Gasteiger partial charge on any atom is -0.380 e. The summed E-state index contributed by atoms with van der Waals surface area (Å²) in [6.45, 7) is 3.55. The molecule has 5 heteroatoms. The van der Waals surface area contributed by atoms with Gasteiger partial charge in [0.25, 0.3) is 0 Å². The zero-order chi connectivity index (χ0) is 17.4. The number of nitrogens with one attached hydrogen (secondary N) is 2. The van der Waals surface area contributed by atoms with Crippen LogP contribution in [0.25, 0.3) is 0 Å². The van der Waals surface area contributed by atoms with Crippen LogP contribution in [0.2, 0.25) is 0 Å². The molecule has 0 aliphatic heterocycles. The van der Waals surface area contributed by atoms with E-state index < -0.39 is 0 Å². The lowest BCUT2D eigenvalue weighted by molar-refractivity contribution is 0.185. The van der Waals surface area contributed by atoms with Gasteiger partial charge in [-0.25, -0.2) is 4.39 Å². The number of nitrogens with zero attached hydrogens (tertiary/aromatic N) is 1. The molecular formula is C19H24FN3O. The van der Waals surface area contributed by atoms with Gasteiger partial charge in [-0.3, -0.25) is 4.99 Å². The van der Waals surface area contributed by atoms with E-state index in [1.807, 2.05) is 18.2 Å². The molecule has 2 rings (SSSR count). The fourth-order valence-corrected chi connectivity index (χ4v) is 2.26. The van der Waals surface area contributed by atoms with Crippen molar-refractivity contribution in [2.24, 2.45) is 4.99 Å². The maximum absolute atomic E-state index is 13.6. The van der Waals surface area contributed by atoms with E-state index in [9.17, 15) is 4.39 Å². The number of guanidine groups is 1. The number of hydrogen-bond acceptors (Lipinski definition) is 2. The number of ether oxygens (including phenoxy) is 1. The predicted octanol–water partition coefficient (Wildman–Crippen LogP) is 3.15. The third-order valence-corrected chi connectivity index (χ3v) is 3.71. The Morgan fingerprint density at radius 1 is 1.00 bits per heavy atom. The first-order chi connectivity index (χ1) is 11.6. The highest BCUT2D eigenvalue weighted by atomic mass is 19.1. The molecule has 0 amide bonds. The van der Waals surface area contributed by atoms with Crippen molar-refractivity contribution < 1.29 is 9.13 Å². The lowest BCUT2D eigenvalue weighted by Crippen LogP contribution is -2.36. The molecule has 0 atom stereocenters. The van der Waals surface area contributed by atoms with E-state index in [0.29, 0.717) is 31.2 Å². The summed E-state index contributed by atoms with van der Waals surface area (Å²) < 4.78 is 18.7. The molecule has 2 aromatic carbocycles. The molecule has 0 spiro atoms. The van der Waals surface area contributed by atoms with Gasteiger partial charge in [-0.1, -0.05) is 36.4 Å². The summed E-state index contributed by atoms with van der Waals surface area (Å²) in [5.41, 5.74) is 3.83. The number of aryl methyl sites for hydroxylation is 1. The third kappa shape index (κ3) is 5.35. The van der Waals surface area contributed by atoms with Crippen LogP contribution < -0.4 is 10.6 Å². The summed E-state index contributed by atoms with van der Waals surface area (Å²) >= 11 is 0. The van der Waals surface area contributed by atoms with Crippen LogP contribution in [0.4, 0.5) is 4.39 Å². The summed E-state index contributed by atoms with van der Waals surface area (Å²) in [7, 11) is 3.40. The van der Waals surface area contributed by atoms with Crippen molar-refractivity contribution in [1.29, 1.82) is 0 Å². The lowest BCUT2D eigenvalue weighted by atomic mass is 10.1. The van der Waals surface area contributed by atoms with Gasteiger partial charge in [-0.05, 0) is 35.2 Å². The average Bonchev–Trinajstić information content (AvgIpc) is 2.59. The fourth-order valence-electron chi connectivity index (χ4n) is 2.26. The van der Waals surface area contributed by atoms with E-state index in [2.05, 4.69) is 27.8 Å². The highest BCUT2D eigenvalue weighted by Gasteiger charge is 2.02. The molecule has 0 bridgehead atoms. The number of hydrogen-bond donors (Lipinski definition) is 2. The fraction of sp³-hybridized carbons (Fsp3) is 0.316. The van der Waals surface area contributed by atoms with E-state index in [1.165, 1.54) is 0 Å². The zero-order valence-corrected chi connectivity index (χ0v) is 14.4. The third-order valence-electron chi connectivity index (χ3n) is 3.71. The average molecular weight is 329 g/mol. The Bertz CT molecular complexity index is 684. The van der Waals surface area contributed by atoms with Crippen LogP contribution in [0, 0.1) is 12.7 Å². The summed E-state index contributed by atoms with van der Waals surface area (Å²) in [5.74, 6) is 0.491. The van der Waals surface area contributed by atoms with E-state index >= 15 is 0 Å². The van der Waals surface area contributed by atoms with Crippen LogP contribution in [0.5, 0.6) is 0 Å². The SMILES string of the molecule is CN=C(NCc1ccc(COC)cc1)NCc1ccc(C)c(F)c1. The van der Waals surface area contributed by atoms with E-state index in [1.54, 1.807) is 33.2 Å². The van der Waals surface area contributed by atoms with Crippen LogP contribution in [0.15, 0.2) is 47.5 Å². The second-order valence-electron chi connectivity index (χ2n) is 5.61. The Hall–Kier alpha value is -2.40. The van der Waals surface area contributed by atoms with Gasteiger partial charge in [-0.15, -0.1) is 0 Å². The highest BCUT2D eigenvalue weighted by Crippen LogP contribution is 2.09. The standard InChI is InChI=1S/C19H24FN3O/c1-14-4-5-17(10-18(14)20)12-23-19(21-2)22-11-15-6-8-16(9-7-15)13-24-3/h4-10H,11-13H2,1-3H3,(H2,21,22,23). The Balaban J connectivity index is 1.84. The largest absolute Gasteiger partial charge is 0.380 e. The molecule has 0 aliphatic carbocycles. The van der Waals surface area contributed by atoms with Gasteiger partial charge in [0.05, 0.1) is 6.61 Å². The first kappa shape index (κ1) is 17.9. The second-order valence-corrected chi connectivity index (χ2v) is 5.61. The Kier molecular flexibility index (Phi) is 6.75. The van der Waals surface area contributed by atoms with Crippen molar-refractivity contribution in [3.05, 3.63) is 70.5 Å². The summed E-state index contributed by atoms with van der Waals surface area (Å²) in [4.78, 5) is 4.19. The van der Waals surface area contributed by atoms with E-state index in [0.717, 1.165) is 16.7 Å². The molecule has 24 heavy (non-hydrogen) atoms. The molecule has 2 aromatic rings. The van der Waals surface area contributed by atoms with E-state index in [4.69, 9.17) is 4.74 Å². The number of rotatable bonds is 6. The molecule has 0 aromatic heterocycles. The molecule has 2 N–H and O–H groups in total. The van der Waals surface area contributed by atoms with Crippen molar-refractivity contribution in [3.63, 3.8) is 0 Å². The van der Waals surface area contributed by atoms with Crippen molar-refractivity contribution in [1.82, 2.24) is 10.6 Å². The molecule has 4 nitrogen and oxygen atoms in total. The Labute approximate surface area is 142 Å². The van der Waals surface area contributed by atoms with Gasteiger partial charge < -0.3 is 15.4 Å². The van der Waals surface area contributed by atoms with Crippen molar-refractivity contribution in [2.45, 2.75) is 26.6 Å². The molecule has 128 valence electrons. The lowest BCUT2D eigenvalue weighted by Gasteiger charge is -2.12. The molecule has 0 unspecified atom stereocenters. The second kappa shape index (κ2) is 9.03. The Morgan fingerprint density at radius 2 is 1.58 bits per heavy atom. The number of benzene rings is 2. The van der Waals surface area contributed by atoms with Crippen molar-refractivity contribution >= 4 is 5.96 Å². The first-order valence-electron chi connectivity index (χ1n) is 7.88. The predicted molar refractivity (Wildman–Crippen MR) is 95.3 cm³/mol. The van der Waals surface area contributed by atoms with Gasteiger partial charge in [0.15, 0.2) is 5.96 Å². The smallest absolute Gasteiger partial charge is 0.191 e. The van der Waals surface area contributed by atoms with Gasteiger partial charge in [0, 0.05) is 27.2 Å². The maximum Gasteiger partial charge on any atom is 0.191 e. The summed E-state index contributed by atoms with van der Waals surface area (Å²) in [5, 5.41) is 6.43. The molecule has 0 fully saturated rings. The quantitative estimate of drug-likeness (QED) is 0.632. The highest BCUT2D eigenvalue weighted by molar-refractivity contribution is 5.79. The number of methoxy groups -OCH3 is 1. The van der Waals surface area contributed by atoms with Crippen molar-refractivity contribution in [2.75, 3.05) is 14.2 Å². The molecule has 0 aliphatic rings. The monoisotopic (exact) mass is 329 g/mol. The zero-order valence-electron chi connectivity index (χ0n) is 14.4. The molecule has 0 heterocycles. The van der Waals surface area contributed by atoms with Crippen LogP contribution in [0.1, 0.15) is 22.3 Å². The van der Waals surface area contributed by atoms with Gasteiger partial charge in [-0.2, -0.15) is 0 Å².